The number of hydrogen-bond donors (Lipinski definition) is 0. The molecule has 9 heteroatoms. The smallest absolute Gasteiger partial charge is 0.338 e. The number of Topliss-reactive ketones (excluding diaryl/α,β-unsaturated/α-hetero) is 1. The van der Waals surface area contributed by atoms with E-state index in [4.69, 9.17) is 13.9 Å². The maximum absolute atomic E-state index is 13.9. The molecule has 210 valence electrons. The molecule has 1 atom stereocenters. The molecule has 2 aromatic carbocycles. The summed E-state index contributed by atoms with van der Waals surface area (Å²) in [5.41, 5.74) is 2.56. The number of fused-ring (bicyclic) bond motifs is 1. The van der Waals surface area contributed by atoms with E-state index in [2.05, 4.69) is 4.99 Å². The molecule has 0 bridgehead atoms. The summed E-state index contributed by atoms with van der Waals surface area (Å²) in [5, 5.41) is 0. The second-order valence-corrected chi connectivity index (χ2v) is 10.9. The fourth-order valence-electron chi connectivity index (χ4n) is 4.74. The molecular formula is C32H30N2O6S. The van der Waals surface area contributed by atoms with Gasteiger partial charge in [0, 0.05) is 22.8 Å². The minimum atomic E-state index is -0.783. The van der Waals surface area contributed by atoms with E-state index in [0.717, 1.165) is 5.56 Å². The van der Waals surface area contributed by atoms with Crippen LogP contribution in [0.15, 0.2) is 86.1 Å². The Morgan fingerprint density at radius 3 is 2.51 bits per heavy atom. The van der Waals surface area contributed by atoms with E-state index in [1.165, 1.54) is 22.8 Å². The molecule has 41 heavy (non-hydrogen) atoms. The van der Waals surface area contributed by atoms with Crippen LogP contribution in [-0.2, 0) is 9.53 Å². The van der Waals surface area contributed by atoms with Gasteiger partial charge in [0.1, 0.15) is 23.3 Å². The van der Waals surface area contributed by atoms with E-state index >= 15 is 0 Å². The lowest BCUT2D eigenvalue weighted by atomic mass is 9.95. The first-order valence-corrected chi connectivity index (χ1v) is 14.2. The van der Waals surface area contributed by atoms with Crippen LogP contribution in [0.1, 0.15) is 62.3 Å². The number of rotatable bonds is 8. The summed E-state index contributed by atoms with van der Waals surface area (Å²) in [5.74, 6) is 1.13. The van der Waals surface area contributed by atoms with Gasteiger partial charge in [0.05, 0.1) is 28.5 Å². The second-order valence-electron chi connectivity index (χ2n) is 9.84. The largest absolute Gasteiger partial charge is 0.491 e. The molecule has 1 aliphatic rings. The van der Waals surface area contributed by atoms with Crippen molar-refractivity contribution < 1.29 is 23.5 Å². The SMILES string of the molecule is CCOC(=O)C1=C(C)N=c2s/c(=C\c3ccc(-c4ccc(C(C)=O)cc4)o3)c(=O)n2[C@@H]1c1ccccc1OC(C)C. The average Bonchev–Trinajstić information content (AvgIpc) is 3.52. The summed E-state index contributed by atoms with van der Waals surface area (Å²) in [4.78, 5) is 43.8. The van der Waals surface area contributed by atoms with E-state index < -0.39 is 12.0 Å². The molecule has 0 radical (unpaired) electrons. The highest BCUT2D eigenvalue weighted by Crippen LogP contribution is 2.36. The van der Waals surface area contributed by atoms with Gasteiger partial charge in [-0.1, -0.05) is 53.8 Å². The summed E-state index contributed by atoms with van der Waals surface area (Å²) in [6, 6.07) is 17.4. The van der Waals surface area contributed by atoms with Gasteiger partial charge in [0.15, 0.2) is 10.6 Å². The quantitative estimate of drug-likeness (QED) is 0.217. The van der Waals surface area contributed by atoms with Gasteiger partial charge in [-0.2, -0.15) is 0 Å². The normalized spacial score (nSPS) is 15.1. The molecule has 0 saturated carbocycles. The predicted molar refractivity (Wildman–Crippen MR) is 157 cm³/mol. The molecule has 0 fully saturated rings. The Kier molecular flexibility index (Phi) is 7.90. The Morgan fingerprint density at radius 1 is 1.10 bits per heavy atom. The van der Waals surface area contributed by atoms with Crippen molar-refractivity contribution in [3.8, 4) is 17.1 Å². The number of hydrogen-bond acceptors (Lipinski definition) is 8. The van der Waals surface area contributed by atoms with E-state index in [1.54, 1.807) is 38.1 Å². The van der Waals surface area contributed by atoms with Crippen LogP contribution in [0.2, 0.25) is 0 Å². The van der Waals surface area contributed by atoms with Crippen LogP contribution in [0.5, 0.6) is 5.75 Å². The lowest BCUT2D eigenvalue weighted by Crippen LogP contribution is -2.40. The first kappa shape index (κ1) is 28.0. The molecular weight excluding hydrogens is 540 g/mol. The van der Waals surface area contributed by atoms with Crippen molar-refractivity contribution in [1.29, 1.82) is 0 Å². The zero-order valence-corrected chi connectivity index (χ0v) is 24.3. The molecule has 1 aliphatic heterocycles. The predicted octanol–water partition coefficient (Wildman–Crippen LogP) is 5.05. The zero-order valence-electron chi connectivity index (χ0n) is 23.5. The number of thiazole rings is 1. The Morgan fingerprint density at radius 2 is 1.83 bits per heavy atom. The van der Waals surface area contributed by atoms with Crippen LogP contribution in [-0.4, -0.2) is 29.0 Å². The molecule has 5 rings (SSSR count). The van der Waals surface area contributed by atoms with Gasteiger partial charge in [-0.25, -0.2) is 9.79 Å². The van der Waals surface area contributed by atoms with Crippen molar-refractivity contribution in [2.24, 2.45) is 4.99 Å². The zero-order chi connectivity index (χ0) is 29.3. The number of para-hydroxylation sites is 1. The minimum Gasteiger partial charge on any atom is -0.491 e. The third kappa shape index (κ3) is 5.58. The van der Waals surface area contributed by atoms with Crippen LogP contribution >= 0.6 is 11.3 Å². The molecule has 2 aromatic heterocycles. The Balaban J connectivity index is 1.63. The van der Waals surface area contributed by atoms with Gasteiger partial charge in [-0.3, -0.25) is 14.2 Å². The molecule has 4 aromatic rings. The number of ketones is 1. The van der Waals surface area contributed by atoms with E-state index in [1.807, 2.05) is 56.3 Å². The summed E-state index contributed by atoms with van der Waals surface area (Å²) < 4.78 is 19.4. The number of carbonyl (C=O) groups is 2. The fraction of sp³-hybridized carbons (Fsp3) is 0.250. The van der Waals surface area contributed by atoms with Crippen molar-refractivity contribution >= 4 is 29.2 Å². The van der Waals surface area contributed by atoms with Crippen molar-refractivity contribution in [3.63, 3.8) is 0 Å². The molecule has 0 spiro atoms. The van der Waals surface area contributed by atoms with Crippen molar-refractivity contribution in [3.05, 3.63) is 109 Å². The molecule has 0 saturated heterocycles. The summed E-state index contributed by atoms with van der Waals surface area (Å²) in [6.07, 6.45) is 1.56. The van der Waals surface area contributed by atoms with Gasteiger partial charge < -0.3 is 13.9 Å². The monoisotopic (exact) mass is 570 g/mol. The first-order valence-electron chi connectivity index (χ1n) is 13.3. The molecule has 0 unspecified atom stereocenters. The van der Waals surface area contributed by atoms with Crippen molar-refractivity contribution in [2.75, 3.05) is 6.61 Å². The van der Waals surface area contributed by atoms with E-state index in [9.17, 15) is 14.4 Å². The van der Waals surface area contributed by atoms with Gasteiger partial charge in [0.25, 0.3) is 5.56 Å². The van der Waals surface area contributed by atoms with Crippen LogP contribution in [0.25, 0.3) is 17.4 Å². The van der Waals surface area contributed by atoms with Gasteiger partial charge in [-0.15, -0.1) is 0 Å². The molecule has 0 N–H and O–H groups in total. The van der Waals surface area contributed by atoms with Gasteiger partial charge in [-0.05, 0) is 52.8 Å². The molecule has 0 aliphatic carbocycles. The maximum Gasteiger partial charge on any atom is 0.338 e. The summed E-state index contributed by atoms with van der Waals surface area (Å²) >= 11 is 1.22. The van der Waals surface area contributed by atoms with E-state index in [-0.39, 0.29) is 24.1 Å². The van der Waals surface area contributed by atoms with Crippen LogP contribution in [0, 0.1) is 0 Å². The van der Waals surface area contributed by atoms with Crippen LogP contribution in [0.4, 0.5) is 0 Å². The van der Waals surface area contributed by atoms with Crippen molar-refractivity contribution in [1.82, 2.24) is 4.57 Å². The Bertz CT molecular complexity index is 1840. The number of esters is 1. The molecule has 3 heterocycles. The number of aromatic nitrogens is 1. The number of nitrogens with zero attached hydrogens (tertiary/aromatic N) is 2. The van der Waals surface area contributed by atoms with Crippen LogP contribution in [0.3, 0.4) is 0 Å². The number of ether oxygens (including phenoxy) is 2. The standard InChI is InChI=1S/C32H30N2O6S/c1-6-38-31(37)28-19(4)33-32-34(29(28)24-9-7-8-10-26(24)39-18(2)3)30(36)27(41-32)17-23-15-16-25(40-23)22-13-11-21(12-14-22)20(5)35/h7-18,29H,6H2,1-5H3/b27-17-/t29-/m1/s1. The van der Waals surface area contributed by atoms with E-state index in [0.29, 0.717) is 49.0 Å². The fourth-order valence-corrected chi connectivity index (χ4v) is 5.76. The topological polar surface area (TPSA) is 100 Å². The number of allylic oxidation sites excluding steroid dienone is 1. The lowest BCUT2D eigenvalue weighted by molar-refractivity contribution is -0.139. The minimum absolute atomic E-state index is 0.00916. The summed E-state index contributed by atoms with van der Waals surface area (Å²) in [7, 11) is 0. The third-order valence-electron chi connectivity index (χ3n) is 6.57. The number of benzene rings is 2. The maximum atomic E-state index is 13.9. The Hall–Kier alpha value is -4.50. The number of carbonyl (C=O) groups excluding carboxylic acids is 2. The van der Waals surface area contributed by atoms with Crippen molar-refractivity contribution in [2.45, 2.75) is 46.8 Å². The highest BCUT2D eigenvalue weighted by Gasteiger charge is 2.35. The lowest BCUT2D eigenvalue weighted by Gasteiger charge is -2.26. The third-order valence-corrected chi connectivity index (χ3v) is 7.55. The first-order chi connectivity index (χ1) is 19.7. The molecule has 0 amide bonds. The molecule has 8 nitrogen and oxygen atoms in total. The number of furan rings is 1. The summed E-state index contributed by atoms with van der Waals surface area (Å²) in [6.45, 7) is 9.04. The highest BCUT2D eigenvalue weighted by molar-refractivity contribution is 7.07. The Labute approximate surface area is 240 Å². The second kappa shape index (κ2) is 11.5. The highest BCUT2D eigenvalue weighted by atomic mass is 32.1. The van der Waals surface area contributed by atoms with Gasteiger partial charge in [0.2, 0.25) is 0 Å². The van der Waals surface area contributed by atoms with Crippen LogP contribution < -0.4 is 19.6 Å². The average molecular weight is 571 g/mol. The van der Waals surface area contributed by atoms with Gasteiger partial charge >= 0.3 is 5.97 Å².